The van der Waals surface area contributed by atoms with Crippen LogP contribution < -0.4 is 5.32 Å². The van der Waals surface area contributed by atoms with Crippen LogP contribution in [0, 0.1) is 6.92 Å². The van der Waals surface area contributed by atoms with Crippen molar-refractivity contribution in [3.8, 4) is 0 Å². The molecular weight excluding hydrogens is 386 g/mol. The lowest BCUT2D eigenvalue weighted by molar-refractivity contribution is 0.0935. The summed E-state index contributed by atoms with van der Waals surface area (Å²) in [5, 5.41) is 3.03. The number of sulfone groups is 1. The van der Waals surface area contributed by atoms with Gasteiger partial charge in [0, 0.05) is 30.8 Å². The fourth-order valence-corrected chi connectivity index (χ4v) is 3.77. The van der Waals surface area contributed by atoms with Crippen LogP contribution in [0.1, 0.15) is 46.7 Å². The van der Waals surface area contributed by atoms with Crippen molar-refractivity contribution in [1.82, 2.24) is 14.9 Å². The fourth-order valence-electron chi connectivity index (χ4n) is 3.14. The Morgan fingerprint density at radius 3 is 2.28 bits per heavy atom. The molecule has 3 rings (SSSR count). The van der Waals surface area contributed by atoms with Crippen LogP contribution in [0.25, 0.3) is 0 Å². The van der Waals surface area contributed by atoms with Crippen molar-refractivity contribution in [3.63, 3.8) is 0 Å². The van der Waals surface area contributed by atoms with Crippen LogP contribution in [-0.4, -0.2) is 30.1 Å². The van der Waals surface area contributed by atoms with Crippen LogP contribution in [0.3, 0.4) is 0 Å². The van der Waals surface area contributed by atoms with Gasteiger partial charge in [-0.1, -0.05) is 31.2 Å². The maximum Gasteiger partial charge on any atom is 0.251 e. The Hall–Kier alpha value is -2.93. The van der Waals surface area contributed by atoms with Crippen molar-refractivity contribution in [3.05, 3.63) is 83.4 Å². The number of carbonyl (C=O) groups excluding carboxylic acids is 1. The second-order valence-corrected chi connectivity index (χ2v) is 9.09. The zero-order chi connectivity index (χ0) is 21.0. The molecule has 0 aliphatic heterocycles. The van der Waals surface area contributed by atoms with E-state index in [1.165, 1.54) is 6.26 Å². The summed E-state index contributed by atoms with van der Waals surface area (Å²) in [6.45, 7) is 4.64. The highest BCUT2D eigenvalue weighted by atomic mass is 32.2. The third kappa shape index (κ3) is 5.12. The SMILES string of the molecule is CC[C@@H](NC(=O)c1ccc(Cn2ccnc2C)cc1)c1ccc(S(C)(=O)=O)cc1. The lowest BCUT2D eigenvalue weighted by Gasteiger charge is -2.18. The molecule has 1 N–H and O–H groups in total. The van der Waals surface area contributed by atoms with Crippen molar-refractivity contribution < 1.29 is 13.2 Å². The maximum absolute atomic E-state index is 12.7. The summed E-state index contributed by atoms with van der Waals surface area (Å²) in [5.74, 6) is 0.786. The monoisotopic (exact) mass is 411 g/mol. The van der Waals surface area contributed by atoms with Crippen LogP contribution in [-0.2, 0) is 16.4 Å². The van der Waals surface area contributed by atoms with E-state index < -0.39 is 9.84 Å². The van der Waals surface area contributed by atoms with Crippen molar-refractivity contribution in [2.75, 3.05) is 6.26 Å². The average molecular weight is 412 g/mol. The van der Waals surface area contributed by atoms with Crippen molar-refractivity contribution in [2.45, 2.75) is 37.8 Å². The predicted molar refractivity (Wildman–Crippen MR) is 113 cm³/mol. The number of hydrogen-bond acceptors (Lipinski definition) is 4. The van der Waals surface area contributed by atoms with Crippen LogP contribution in [0.2, 0.25) is 0 Å². The first-order valence-electron chi connectivity index (χ1n) is 9.45. The van der Waals surface area contributed by atoms with Gasteiger partial charge in [0.15, 0.2) is 9.84 Å². The number of benzene rings is 2. The summed E-state index contributed by atoms with van der Waals surface area (Å²) in [6, 6.07) is 14.0. The number of imidazole rings is 1. The molecule has 1 heterocycles. The Labute approximate surface area is 171 Å². The summed E-state index contributed by atoms with van der Waals surface area (Å²) in [6.07, 6.45) is 5.57. The number of aryl methyl sites for hydroxylation is 1. The highest BCUT2D eigenvalue weighted by Gasteiger charge is 2.15. The van der Waals surface area contributed by atoms with E-state index in [4.69, 9.17) is 0 Å². The molecule has 1 aromatic heterocycles. The van der Waals surface area contributed by atoms with Gasteiger partial charge in [-0.15, -0.1) is 0 Å². The molecule has 29 heavy (non-hydrogen) atoms. The lowest BCUT2D eigenvalue weighted by atomic mass is 10.0. The molecule has 0 bridgehead atoms. The van der Waals surface area contributed by atoms with Crippen molar-refractivity contribution in [2.24, 2.45) is 0 Å². The molecule has 152 valence electrons. The van der Waals surface area contributed by atoms with E-state index in [1.54, 1.807) is 30.5 Å². The largest absolute Gasteiger partial charge is 0.345 e. The Morgan fingerprint density at radius 1 is 1.10 bits per heavy atom. The average Bonchev–Trinajstić information content (AvgIpc) is 3.10. The molecule has 1 atom stereocenters. The number of carbonyl (C=O) groups is 1. The van der Waals surface area contributed by atoms with Crippen LogP contribution in [0.5, 0.6) is 0 Å². The molecule has 0 saturated heterocycles. The van der Waals surface area contributed by atoms with Crippen molar-refractivity contribution in [1.29, 1.82) is 0 Å². The van der Waals surface area contributed by atoms with Gasteiger partial charge in [-0.2, -0.15) is 0 Å². The predicted octanol–water partition coefficient (Wildman–Crippen LogP) is 3.52. The first-order chi connectivity index (χ1) is 13.8. The minimum absolute atomic E-state index is 0.158. The molecule has 0 aliphatic rings. The Kier molecular flexibility index (Phi) is 6.17. The van der Waals surface area contributed by atoms with E-state index >= 15 is 0 Å². The summed E-state index contributed by atoms with van der Waals surface area (Å²) < 4.78 is 25.3. The van der Waals surface area contributed by atoms with E-state index in [9.17, 15) is 13.2 Å². The number of rotatable bonds is 7. The smallest absolute Gasteiger partial charge is 0.251 e. The number of hydrogen-bond donors (Lipinski definition) is 1. The molecule has 0 spiro atoms. The highest BCUT2D eigenvalue weighted by molar-refractivity contribution is 7.90. The third-order valence-corrected chi connectivity index (χ3v) is 6.05. The molecule has 6 nitrogen and oxygen atoms in total. The minimum Gasteiger partial charge on any atom is -0.345 e. The summed E-state index contributed by atoms with van der Waals surface area (Å²) in [4.78, 5) is 17.2. The van der Waals surface area contributed by atoms with Gasteiger partial charge in [0.05, 0.1) is 10.9 Å². The minimum atomic E-state index is -3.24. The Balaban J connectivity index is 1.68. The van der Waals surface area contributed by atoms with Gasteiger partial charge in [-0.3, -0.25) is 4.79 Å². The molecule has 2 aromatic carbocycles. The highest BCUT2D eigenvalue weighted by Crippen LogP contribution is 2.20. The van der Waals surface area contributed by atoms with E-state index in [-0.39, 0.29) is 16.8 Å². The normalized spacial score (nSPS) is 12.5. The quantitative estimate of drug-likeness (QED) is 0.645. The van der Waals surface area contributed by atoms with Gasteiger partial charge in [0.25, 0.3) is 5.91 Å². The Bertz CT molecular complexity index is 1090. The van der Waals surface area contributed by atoms with Gasteiger partial charge in [0.1, 0.15) is 5.82 Å². The second kappa shape index (κ2) is 8.61. The van der Waals surface area contributed by atoms with Gasteiger partial charge in [0.2, 0.25) is 0 Å². The van der Waals surface area contributed by atoms with Crippen molar-refractivity contribution >= 4 is 15.7 Å². The van der Waals surface area contributed by atoms with Gasteiger partial charge in [-0.25, -0.2) is 13.4 Å². The van der Waals surface area contributed by atoms with Crippen LogP contribution in [0.4, 0.5) is 0 Å². The molecule has 0 radical (unpaired) electrons. The lowest BCUT2D eigenvalue weighted by Crippen LogP contribution is -2.28. The molecule has 0 unspecified atom stereocenters. The molecule has 0 saturated carbocycles. The summed E-state index contributed by atoms with van der Waals surface area (Å²) in [7, 11) is -3.24. The molecule has 3 aromatic rings. The van der Waals surface area contributed by atoms with Gasteiger partial charge >= 0.3 is 0 Å². The topological polar surface area (TPSA) is 81.1 Å². The number of nitrogens with one attached hydrogen (secondary N) is 1. The summed E-state index contributed by atoms with van der Waals surface area (Å²) >= 11 is 0. The van der Waals surface area contributed by atoms with Crippen LogP contribution >= 0.6 is 0 Å². The first kappa shape index (κ1) is 20.8. The van der Waals surface area contributed by atoms with E-state index in [2.05, 4.69) is 10.3 Å². The molecule has 0 fully saturated rings. The number of nitrogens with zero attached hydrogens (tertiary/aromatic N) is 2. The van der Waals surface area contributed by atoms with Crippen LogP contribution in [0.15, 0.2) is 65.8 Å². The third-order valence-electron chi connectivity index (χ3n) is 4.92. The first-order valence-corrected chi connectivity index (χ1v) is 11.3. The zero-order valence-electron chi connectivity index (χ0n) is 16.8. The fraction of sp³-hybridized carbons (Fsp3) is 0.273. The van der Waals surface area contributed by atoms with E-state index in [0.717, 1.165) is 17.0 Å². The van der Waals surface area contributed by atoms with E-state index in [1.807, 2.05) is 48.9 Å². The second-order valence-electron chi connectivity index (χ2n) is 7.07. The number of amides is 1. The molecule has 0 aliphatic carbocycles. The Morgan fingerprint density at radius 2 is 1.76 bits per heavy atom. The van der Waals surface area contributed by atoms with E-state index in [0.29, 0.717) is 18.5 Å². The molecule has 1 amide bonds. The zero-order valence-corrected chi connectivity index (χ0v) is 17.6. The van der Waals surface area contributed by atoms with Gasteiger partial charge in [-0.05, 0) is 48.7 Å². The molecular formula is C22H25N3O3S. The number of aromatic nitrogens is 2. The summed E-state index contributed by atoms with van der Waals surface area (Å²) in [5.41, 5.74) is 2.55. The standard InChI is InChI=1S/C22H25N3O3S/c1-4-21(18-9-11-20(12-10-18)29(3,27)28)24-22(26)19-7-5-17(6-8-19)15-25-14-13-23-16(25)2/h5-14,21H,4,15H2,1-3H3,(H,24,26)/t21-/m1/s1. The maximum atomic E-state index is 12.7. The van der Waals surface area contributed by atoms with Gasteiger partial charge < -0.3 is 9.88 Å². The molecule has 7 heteroatoms.